The van der Waals surface area contributed by atoms with E-state index in [0.717, 1.165) is 41.1 Å². The second-order valence-corrected chi connectivity index (χ2v) is 13.8. The molecule has 224 valence electrons. The number of sulfonamides is 1. The van der Waals surface area contributed by atoms with Gasteiger partial charge in [-0.1, -0.05) is 59.8 Å². The second kappa shape index (κ2) is 13.7. The van der Waals surface area contributed by atoms with E-state index in [-0.39, 0.29) is 23.4 Å². The van der Waals surface area contributed by atoms with Crippen LogP contribution in [0.1, 0.15) is 49.3 Å². The summed E-state index contributed by atoms with van der Waals surface area (Å²) in [6.07, 6.45) is 3.84. The molecule has 1 fully saturated rings. The zero-order valence-corrected chi connectivity index (χ0v) is 26.8. The maximum absolute atomic E-state index is 14.1. The quantitative estimate of drug-likeness (QED) is 0.258. The van der Waals surface area contributed by atoms with Crippen molar-refractivity contribution in [3.8, 4) is 0 Å². The number of nitrogens with one attached hydrogen (secondary N) is 1. The average Bonchev–Trinajstić information content (AvgIpc) is 3.45. The van der Waals surface area contributed by atoms with Gasteiger partial charge in [0, 0.05) is 27.7 Å². The highest BCUT2D eigenvalue weighted by Crippen LogP contribution is 2.28. The number of rotatable bonds is 10. The van der Waals surface area contributed by atoms with E-state index in [2.05, 4.69) is 5.32 Å². The summed E-state index contributed by atoms with van der Waals surface area (Å²) in [5.41, 5.74) is 2.75. The van der Waals surface area contributed by atoms with E-state index < -0.39 is 28.5 Å². The van der Waals surface area contributed by atoms with Gasteiger partial charge < -0.3 is 10.2 Å². The molecule has 1 aliphatic carbocycles. The predicted molar refractivity (Wildman–Crippen MR) is 169 cm³/mol. The number of halogens is 3. The van der Waals surface area contributed by atoms with Gasteiger partial charge >= 0.3 is 0 Å². The van der Waals surface area contributed by atoms with Gasteiger partial charge in [-0.3, -0.25) is 13.9 Å². The average molecular weight is 651 g/mol. The first-order chi connectivity index (χ1) is 19.9. The summed E-state index contributed by atoms with van der Waals surface area (Å²) in [7, 11) is -4.20. The lowest BCUT2D eigenvalue weighted by Crippen LogP contribution is -2.52. The molecular weight excluding hydrogens is 617 g/mol. The van der Waals surface area contributed by atoms with Gasteiger partial charge in [-0.2, -0.15) is 0 Å². The Balaban J connectivity index is 1.72. The Morgan fingerprint density at radius 2 is 1.55 bits per heavy atom. The molecule has 7 nitrogen and oxygen atoms in total. The van der Waals surface area contributed by atoms with E-state index in [0.29, 0.717) is 26.3 Å². The maximum Gasteiger partial charge on any atom is 0.264 e. The van der Waals surface area contributed by atoms with Gasteiger partial charge in [-0.05, 0) is 98.8 Å². The van der Waals surface area contributed by atoms with E-state index in [4.69, 9.17) is 34.8 Å². The van der Waals surface area contributed by atoms with Crippen molar-refractivity contribution in [3.05, 3.63) is 92.4 Å². The molecule has 1 atom stereocenters. The molecule has 3 aromatic rings. The van der Waals surface area contributed by atoms with Crippen LogP contribution < -0.4 is 9.62 Å². The smallest absolute Gasteiger partial charge is 0.264 e. The first-order valence-corrected chi connectivity index (χ1v) is 16.3. The zero-order chi connectivity index (χ0) is 30.6. The predicted octanol–water partition coefficient (Wildman–Crippen LogP) is 6.94. The number of hydrogen-bond acceptors (Lipinski definition) is 4. The largest absolute Gasteiger partial charge is 0.352 e. The molecule has 0 heterocycles. The van der Waals surface area contributed by atoms with Crippen LogP contribution in [0.5, 0.6) is 0 Å². The molecule has 0 aromatic heterocycles. The molecule has 2 amide bonds. The molecule has 1 N–H and O–H groups in total. The van der Waals surface area contributed by atoms with Crippen LogP contribution in [0.2, 0.25) is 15.1 Å². The molecule has 3 aromatic carbocycles. The van der Waals surface area contributed by atoms with Crippen molar-refractivity contribution < 1.29 is 18.0 Å². The number of carbonyl (C=O) groups excluding carboxylic acids is 2. The van der Waals surface area contributed by atoms with Crippen molar-refractivity contribution in [2.75, 3.05) is 10.8 Å². The molecule has 11 heteroatoms. The Hall–Kier alpha value is -2.78. The highest BCUT2D eigenvalue weighted by Gasteiger charge is 2.33. The number of anilines is 1. The fourth-order valence-corrected chi connectivity index (χ4v) is 6.95. The Labute approximate surface area is 262 Å². The van der Waals surface area contributed by atoms with Gasteiger partial charge in [0.25, 0.3) is 10.0 Å². The number of carbonyl (C=O) groups is 2. The Morgan fingerprint density at radius 3 is 2.17 bits per heavy atom. The summed E-state index contributed by atoms with van der Waals surface area (Å²) in [6, 6.07) is 15.0. The lowest BCUT2D eigenvalue weighted by molar-refractivity contribution is -0.139. The van der Waals surface area contributed by atoms with Crippen molar-refractivity contribution in [1.29, 1.82) is 0 Å². The molecule has 0 spiro atoms. The lowest BCUT2D eigenvalue weighted by Gasteiger charge is -2.33. The summed E-state index contributed by atoms with van der Waals surface area (Å²) in [6.45, 7) is 4.87. The minimum absolute atomic E-state index is 0.0164. The monoisotopic (exact) mass is 649 g/mol. The second-order valence-electron chi connectivity index (χ2n) is 10.7. The fraction of sp³-hybridized carbons (Fsp3) is 0.355. The lowest BCUT2D eigenvalue weighted by atomic mass is 10.1. The summed E-state index contributed by atoms with van der Waals surface area (Å²) in [4.78, 5) is 28.8. The van der Waals surface area contributed by atoms with Gasteiger partial charge in [0.2, 0.25) is 11.8 Å². The molecule has 0 bridgehead atoms. The van der Waals surface area contributed by atoms with Crippen molar-refractivity contribution in [3.63, 3.8) is 0 Å². The van der Waals surface area contributed by atoms with Crippen molar-refractivity contribution in [1.82, 2.24) is 10.2 Å². The number of aryl methyl sites for hydroxylation is 2. The van der Waals surface area contributed by atoms with Crippen molar-refractivity contribution in [2.45, 2.75) is 70.0 Å². The van der Waals surface area contributed by atoms with Crippen LogP contribution in [-0.4, -0.2) is 43.8 Å². The highest BCUT2D eigenvalue weighted by atomic mass is 35.5. The van der Waals surface area contributed by atoms with Gasteiger partial charge in [-0.25, -0.2) is 8.42 Å². The molecule has 0 aliphatic heterocycles. The number of nitrogens with zero attached hydrogens (tertiary/aromatic N) is 2. The van der Waals surface area contributed by atoms with E-state index in [1.54, 1.807) is 37.3 Å². The van der Waals surface area contributed by atoms with Crippen molar-refractivity contribution in [2.24, 2.45) is 0 Å². The molecule has 0 unspecified atom stereocenters. The third kappa shape index (κ3) is 7.59. The molecule has 0 radical (unpaired) electrons. The molecule has 4 rings (SSSR count). The Kier molecular flexibility index (Phi) is 10.5. The van der Waals surface area contributed by atoms with E-state index in [1.807, 2.05) is 19.9 Å². The number of hydrogen-bond donors (Lipinski definition) is 1. The Bertz CT molecular complexity index is 1560. The minimum atomic E-state index is -4.20. The van der Waals surface area contributed by atoms with E-state index in [1.165, 1.54) is 29.2 Å². The van der Waals surface area contributed by atoms with E-state index >= 15 is 0 Å². The van der Waals surface area contributed by atoms with Crippen LogP contribution in [0, 0.1) is 13.8 Å². The topological polar surface area (TPSA) is 86.8 Å². The minimum Gasteiger partial charge on any atom is -0.352 e. The molecule has 1 aliphatic rings. The summed E-state index contributed by atoms with van der Waals surface area (Å²) < 4.78 is 29.0. The van der Waals surface area contributed by atoms with Gasteiger partial charge in [0.15, 0.2) is 0 Å². The van der Waals surface area contributed by atoms with Crippen LogP contribution in [-0.2, 0) is 26.2 Å². The zero-order valence-electron chi connectivity index (χ0n) is 23.7. The van der Waals surface area contributed by atoms with Crippen LogP contribution in [0.3, 0.4) is 0 Å². The molecule has 1 saturated carbocycles. The number of amides is 2. The van der Waals surface area contributed by atoms with Crippen LogP contribution in [0.25, 0.3) is 0 Å². The molecule has 42 heavy (non-hydrogen) atoms. The number of benzene rings is 3. The maximum atomic E-state index is 14.1. The molecule has 0 saturated heterocycles. The standard InChI is InChI=1S/C31H34Cl3N3O4S/c1-20-8-13-27(16-21(20)2)37(42(40,41)28-14-11-24(32)12-15-28)19-30(38)36(18-23-9-10-25(33)17-29(23)34)22(3)31(39)35-26-6-4-5-7-26/h8-17,22,26H,4-7,18-19H2,1-3H3,(H,35,39)/t22-/m1/s1. The molecular formula is C31H34Cl3N3O4S. The van der Waals surface area contributed by atoms with Gasteiger partial charge in [-0.15, -0.1) is 0 Å². The van der Waals surface area contributed by atoms with Crippen LogP contribution in [0.4, 0.5) is 5.69 Å². The van der Waals surface area contributed by atoms with Gasteiger partial charge in [0.1, 0.15) is 12.6 Å². The first kappa shape index (κ1) is 32.1. The van der Waals surface area contributed by atoms with Crippen LogP contribution >= 0.6 is 34.8 Å². The van der Waals surface area contributed by atoms with Crippen molar-refractivity contribution >= 4 is 62.3 Å². The highest BCUT2D eigenvalue weighted by molar-refractivity contribution is 7.92. The third-order valence-corrected chi connectivity index (χ3v) is 10.3. The summed E-state index contributed by atoms with van der Waals surface area (Å²) in [5.74, 6) is -0.871. The first-order valence-electron chi connectivity index (χ1n) is 13.8. The third-order valence-electron chi connectivity index (χ3n) is 7.68. The normalized spacial score (nSPS) is 14.4. The fourth-order valence-electron chi connectivity index (χ4n) is 4.95. The van der Waals surface area contributed by atoms with Crippen LogP contribution in [0.15, 0.2) is 65.6 Å². The van der Waals surface area contributed by atoms with Gasteiger partial charge in [0.05, 0.1) is 10.6 Å². The SMILES string of the molecule is Cc1ccc(N(CC(=O)N(Cc2ccc(Cl)cc2Cl)[C@H](C)C(=O)NC2CCCC2)S(=O)(=O)c2ccc(Cl)cc2)cc1C. The summed E-state index contributed by atoms with van der Waals surface area (Å²) >= 11 is 18.6. The summed E-state index contributed by atoms with van der Waals surface area (Å²) in [5, 5.41) is 4.21. The van der Waals surface area contributed by atoms with E-state index in [9.17, 15) is 18.0 Å². The Morgan fingerprint density at radius 1 is 0.905 bits per heavy atom.